The van der Waals surface area contributed by atoms with Crippen molar-refractivity contribution in [1.82, 2.24) is 25.2 Å². The minimum absolute atomic E-state index is 0.0422. The molecule has 0 saturated carbocycles. The van der Waals surface area contributed by atoms with Crippen LogP contribution in [0.3, 0.4) is 0 Å². The number of para-hydroxylation sites is 1. The number of nitro groups is 1. The van der Waals surface area contributed by atoms with Crippen LogP contribution in [-0.2, 0) is 4.79 Å². The predicted octanol–water partition coefficient (Wildman–Crippen LogP) is 1.76. The maximum atomic E-state index is 11.9. The zero-order valence-electron chi connectivity index (χ0n) is 11.9. The lowest BCUT2D eigenvalue weighted by molar-refractivity contribution is -0.389. The Morgan fingerprint density at radius 2 is 2.17 bits per heavy atom. The fourth-order valence-corrected chi connectivity index (χ4v) is 3.06. The van der Waals surface area contributed by atoms with Gasteiger partial charge in [0.25, 0.3) is 0 Å². The van der Waals surface area contributed by atoms with Crippen LogP contribution in [0.25, 0.3) is 5.69 Å². The average molecular weight is 363 g/mol. The molecule has 0 bridgehead atoms. The quantitative estimate of drug-likeness (QED) is 0.398. The Balaban J connectivity index is 1.61. The molecule has 10 nitrogen and oxygen atoms in total. The SMILES string of the molecule is O=C(CSc1nnnn1-c1ccccc1)Nc1nc([N+](=O)[O-])cs1. The summed E-state index contributed by atoms with van der Waals surface area (Å²) in [6, 6.07) is 9.27. The number of hydrogen-bond donors (Lipinski definition) is 1. The molecule has 0 atom stereocenters. The Kier molecular flexibility index (Phi) is 4.77. The van der Waals surface area contributed by atoms with Gasteiger partial charge in [0.15, 0.2) is 0 Å². The second kappa shape index (κ2) is 7.14. The first-order valence-corrected chi connectivity index (χ1v) is 8.36. The molecule has 0 spiro atoms. The number of benzene rings is 1. The number of carbonyl (C=O) groups excluding carboxylic acids is 1. The van der Waals surface area contributed by atoms with Gasteiger partial charge in [-0.1, -0.05) is 41.3 Å². The van der Waals surface area contributed by atoms with Crippen LogP contribution in [0.4, 0.5) is 10.9 Å². The monoisotopic (exact) mass is 363 g/mol. The number of nitrogens with zero attached hydrogens (tertiary/aromatic N) is 6. The van der Waals surface area contributed by atoms with Crippen molar-refractivity contribution in [3.63, 3.8) is 0 Å². The molecule has 0 aliphatic carbocycles. The van der Waals surface area contributed by atoms with Crippen LogP contribution < -0.4 is 5.32 Å². The molecule has 0 radical (unpaired) electrons. The second-order valence-corrected chi connectivity index (χ2v) is 6.11. The normalized spacial score (nSPS) is 10.5. The number of tetrazole rings is 1. The van der Waals surface area contributed by atoms with Crippen molar-refractivity contribution in [2.75, 3.05) is 11.1 Å². The van der Waals surface area contributed by atoms with E-state index in [-0.39, 0.29) is 22.6 Å². The maximum Gasteiger partial charge on any atom is 0.376 e. The van der Waals surface area contributed by atoms with Crippen molar-refractivity contribution >= 4 is 40.0 Å². The van der Waals surface area contributed by atoms with E-state index < -0.39 is 4.92 Å². The zero-order chi connectivity index (χ0) is 16.9. The number of nitrogens with one attached hydrogen (secondary N) is 1. The Morgan fingerprint density at radius 3 is 2.88 bits per heavy atom. The molecule has 1 aromatic carbocycles. The van der Waals surface area contributed by atoms with Crippen molar-refractivity contribution in [1.29, 1.82) is 0 Å². The summed E-state index contributed by atoms with van der Waals surface area (Å²) in [6.45, 7) is 0. The molecule has 2 aromatic heterocycles. The van der Waals surface area contributed by atoms with E-state index in [1.807, 2.05) is 30.3 Å². The highest BCUT2D eigenvalue weighted by atomic mass is 32.2. The van der Waals surface area contributed by atoms with Gasteiger partial charge in [-0.3, -0.25) is 10.1 Å². The highest BCUT2D eigenvalue weighted by Crippen LogP contribution is 2.22. The molecule has 122 valence electrons. The van der Waals surface area contributed by atoms with Gasteiger partial charge in [0.1, 0.15) is 0 Å². The summed E-state index contributed by atoms with van der Waals surface area (Å²) in [5, 5.41) is 26.3. The number of amides is 1. The van der Waals surface area contributed by atoms with Gasteiger partial charge in [0, 0.05) is 0 Å². The molecule has 3 aromatic rings. The fraction of sp³-hybridized carbons (Fsp3) is 0.0833. The fourth-order valence-electron chi connectivity index (χ4n) is 1.69. The standard InChI is InChI=1S/C12H9N7O3S2/c20-10(14-11-13-9(6-23-11)19(21)22)7-24-12-15-16-17-18(12)8-4-2-1-3-5-8/h1-6H,7H2,(H,13,14,20). The molecule has 1 amide bonds. The van der Waals surface area contributed by atoms with Crippen LogP contribution in [0.1, 0.15) is 0 Å². The molecule has 0 aliphatic heterocycles. The van der Waals surface area contributed by atoms with Gasteiger partial charge in [-0.25, -0.2) is 0 Å². The Hall–Kier alpha value is -2.86. The predicted molar refractivity (Wildman–Crippen MR) is 87.3 cm³/mol. The lowest BCUT2D eigenvalue weighted by atomic mass is 10.3. The molecule has 0 saturated heterocycles. The van der Waals surface area contributed by atoms with Gasteiger partial charge in [0.05, 0.1) is 16.8 Å². The van der Waals surface area contributed by atoms with E-state index in [1.165, 1.54) is 10.1 Å². The first kappa shape index (κ1) is 16.0. The second-order valence-electron chi connectivity index (χ2n) is 4.31. The van der Waals surface area contributed by atoms with Crippen molar-refractivity contribution in [2.45, 2.75) is 5.16 Å². The highest BCUT2D eigenvalue weighted by Gasteiger charge is 2.17. The van der Waals surface area contributed by atoms with Crippen LogP contribution in [0, 0.1) is 10.1 Å². The minimum Gasteiger partial charge on any atom is -0.358 e. The molecule has 0 unspecified atom stereocenters. The summed E-state index contributed by atoms with van der Waals surface area (Å²) in [5.41, 5.74) is 0.779. The smallest absolute Gasteiger partial charge is 0.358 e. The lowest BCUT2D eigenvalue weighted by Crippen LogP contribution is -2.14. The number of aromatic nitrogens is 5. The number of hydrogen-bond acceptors (Lipinski definition) is 9. The topological polar surface area (TPSA) is 129 Å². The number of thioether (sulfide) groups is 1. The van der Waals surface area contributed by atoms with Crippen LogP contribution in [-0.4, -0.2) is 41.8 Å². The van der Waals surface area contributed by atoms with Crippen LogP contribution in [0.15, 0.2) is 40.9 Å². The summed E-state index contributed by atoms with van der Waals surface area (Å²) in [4.78, 5) is 25.6. The summed E-state index contributed by atoms with van der Waals surface area (Å²) >= 11 is 2.14. The summed E-state index contributed by atoms with van der Waals surface area (Å²) < 4.78 is 1.52. The van der Waals surface area contributed by atoms with E-state index >= 15 is 0 Å². The lowest BCUT2D eigenvalue weighted by Gasteiger charge is -2.03. The van der Waals surface area contributed by atoms with Crippen LogP contribution in [0.5, 0.6) is 0 Å². The number of anilines is 1. The van der Waals surface area contributed by atoms with E-state index in [0.717, 1.165) is 28.8 Å². The van der Waals surface area contributed by atoms with Crippen molar-refractivity contribution < 1.29 is 9.72 Å². The van der Waals surface area contributed by atoms with Gasteiger partial charge in [-0.2, -0.15) is 4.68 Å². The molecular weight excluding hydrogens is 354 g/mol. The molecule has 0 fully saturated rings. The van der Waals surface area contributed by atoms with E-state index in [1.54, 1.807) is 0 Å². The van der Waals surface area contributed by atoms with Gasteiger partial charge in [0.2, 0.25) is 11.1 Å². The molecule has 24 heavy (non-hydrogen) atoms. The van der Waals surface area contributed by atoms with Crippen molar-refractivity contribution in [2.24, 2.45) is 0 Å². The highest BCUT2D eigenvalue weighted by molar-refractivity contribution is 7.99. The molecule has 2 heterocycles. The van der Waals surface area contributed by atoms with E-state index in [0.29, 0.717) is 5.16 Å². The van der Waals surface area contributed by atoms with Crippen LogP contribution >= 0.6 is 23.1 Å². The third-order valence-corrected chi connectivity index (χ3v) is 4.36. The third kappa shape index (κ3) is 3.72. The third-order valence-electron chi connectivity index (χ3n) is 2.70. The van der Waals surface area contributed by atoms with Gasteiger partial charge < -0.3 is 10.1 Å². The van der Waals surface area contributed by atoms with Crippen LogP contribution in [0.2, 0.25) is 0 Å². The zero-order valence-corrected chi connectivity index (χ0v) is 13.5. The van der Waals surface area contributed by atoms with Crippen molar-refractivity contribution in [3.05, 3.63) is 45.8 Å². The van der Waals surface area contributed by atoms with Crippen molar-refractivity contribution in [3.8, 4) is 5.69 Å². The number of rotatable bonds is 6. The Bertz CT molecular complexity index is 864. The minimum atomic E-state index is -0.616. The first-order valence-electron chi connectivity index (χ1n) is 6.50. The van der Waals surface area contributed by atoms with Gasteiger partial charge in [-0.05, 0) is 32.5 Å². The Labute approximate surface area is 143 Å². The first-order chi connectivity index (χ1) is 11.6. The number of carbonyl (C=O) groups is 1. The summed E-state index contributed by atoms with van der Waals surface area (Å²) in [7, 11) is 0. The van der Waals surface area contributed by atoms with E-state index in [2.05, 4.69) is 25.8 Å². The van der Waals surface area contributed by atoms with E-state index in [4.69, 9.17) is 0 Å². The molecule has 0 aliphatic rings. The molecule has 1 N–H and O–H groups in total. The Morgan fingerprint density at radius 1 is 1.38 bits per heavy atom. The molecule has 12 heteroatoms. The summed E-state index contributed by atoms with van der Waals surface area (Å²) in [5.74, 6) is -0.608. The van der Waals surface area contributed by atoms with E-state index in [9.17, 15) is 14.9 Å². The average Bonchev–Trinajstić information content (AvgIpc) is 3.23. The van der Waals surface area contributed by atoms with Gasteiger partial charge in [-0.15, -0.1) is 5.10 Å². The largest absolute Gasteiger partial charge is 0.376 e. The molecular formula is C12H9N7O3S2. The molecule has 3 rings (SSSR count). The number of thiazole rings is 1. The summed E-state index contributed by atoms with van der Waals surface area (Å²) in [6.07, 6.45) is 0. The van der Waals surface area contributed by atoms with Gasteiger partial charge >= 0.3 is 10.9 Å². The maximum absolute atomic E-state index is 11.9.